The molecular formula is C15H17NS. The standard InChI is InChI=1S/C15H17NS/c1-17-15-10-6-5-9-14(15)12-16-11-13-7-3-2-4-8-13/h2-10,16H,11-12H2,1H3. The molecule has 2 aromatic carbocycles. The van der Waals surface area contributed by atoms with E-state index in [1.165, 1.54) is 16.0 Å². The molecule has 2 heteroatoms. The van der Waals surface area contributed by atoms with E-state index < -0.39 is 0 Å². The first-order valence-corrected chi connectivity index (χ1v) is 6.99. The van der Waals surface area contributed by atoms with Crippen LogP contribution in [-0.2, 0) is 13.1 Å². The van der Waals surface area contributed by atoms with Gasteiger partial charge in [0.15, 0.2) is 0 Å². The molecule has 0 radical (unpaired) electrons. The summed E-state index contributed by atoms with van der Waals surface area (Å²) in [6, 6.07) is 19.0. The van der Waals surface area contributed by atoms with Gasteiger partial charge in [0.05, 0.1) is 0 Å². The van der Waals surface area contributed by atoms with Crippen LogP contribution in [0.25, 0.3) is 0 Å². The van der Waals surface area contributed by atoms with Gasteiger partial charge in [-0.05, 0) is 23.4 Å². The van der Waals surface area contributed by atoms with E-state index in [-0.39, 0.29) is 0 Å². The lowest BCUT2D eigenvalue weighted by Gasteiger charge is -2.08. The highest BCUT2D eigenvalue weighted by Gasteiger charge is 1.99. The van der Waals surface area contributed by atoms with Crippen molar-refractivity contribution in [3.63, 3.8) is 0 Å². The van der Waals surface area contributed by atoms with E-state index in [1.54, 1.807) is 11.8 Å². The molecule has 1 nitrogen and oxygen atoms in total. The Morgan fingerprint density at radius 1 is 0.882 bits per heavy atom. The third kappa shape index (κ3) is 3.62. The minimum Gasteiger partial charge on any atom is -0.309 e. The fourth-order valence-corrected chi connectivity index (χ4v) is 2.40. The Balaban J connectivity index is 1.90. The number of thioether (sulfide) groups is 1. The first kappa shape index (κ1) is 12.2. The predicted octanol–water partition coefficient (Wildman–Crippen LogP) is 3.70. The van der Waals surface area contributed by atoms with Crippen LogP contribution in [-0.4, -0.2) is 6.26 Å². The number of rotatable bonds is 5. The molecule has 0 spiro atoms. The largest absolute Gasteiger partial charge is 0.309 e. The number of hydrogen-bond donors (Lipinski definition) is 1. The highest BCUT2D eigenvalue weighted by Crippen LogP contribution is 2.19. The second kappa shape index (κ2) is 6.48. The maximum absolute atomic E-state index is 3.48. The average Bonchev–Trinajstić information content (AvgIpc) is 2.40. The van der Waals surface area contributed by atoms with Crippen molar-refractivity contribution in [3.8, 4) is 0 Å². The molecule has 0 aliphatic carbocycles. The molecule has 0 aromatic heterocycles. The van der Waals surface area contributed by atoms with Crippen LogP contribution in [0.15, 0.2) is 59.5 Å². The smallest absolute Gasteiger partial charge is 0.0219 e. The number of nitrogens with one attached hydrogen (secondary N) is 1. The van der Waals surface area contributed by atoms with Gasteiger partial charge in [0.2, 0.25) is 0 Å². The molecule has 0 atom stereocenters. The van der Waals surface area contributed by atoms with E-state index in [0.29, 0.717) is 0 Å². The lowest BCUT2D eigenvalue weighted by atomic mass is 10.2. The van der Waals surface area contributed by atoms with Gasteiger partial charge in [0.25, 0.3) is 0 Å². The van der Waals surface area contributed by atoms with Crippen LogP contribution in [0.1, 0.15) is 11.1 Å². The molecule has 0 aliphatic heterocycles. The van der Waals surface area contributed by atoms with Crippen molar-refractivity contribution < 1.29 is 0 Å². The molecule has 0 heterocycles. The SMILES string of the molecule is CSc1ccccc1CNCc1ccccc1. The van der Waals surface area contributed by atoms with Gasteiger partial charge < -0.3 is 5.32 Å². The first-order valence-electron chi connectivity index (χ1n) is 5.76. The fraction of sp³-hybridized carbons (Fsp3) is 0.200. The van der Waals surface area contributed by atoms with Crippen molar-refractivity contribution in [1.82, 2.24) is 5.32 Å². The highest BCUT2D eigenvalue weighted by atomic mass is 32.2. The Morgan fingerprint density at radius 3 is 2.35 bits per heavy atom. The van der Waals surface area contributed by atoms with Crippen LogP contribution < -0.4 is 5.32 Å². The molecule has 0 saturated heterocycles. The van der Waals surface area contributed by atoms with Crippen molar-refractivity contribution in [1.29, 1.82) is 0 Å². The van der Waals surface area contributed by atoms with Crippen molar-refractivity contribution in [2.75, 3.05) is 6.26 Å². The minimum atomic E-state index is 0.920. The zero-order valence-electron chi connectivity index (χ0n) is 10.0. The maximum Gasteiger partial charge on any atom is 0.0219 e. The van der Waals surface area contributed by atoms with E-state index in [9.17, 15) is 0 Å². The molecule has 0 amide bonds. The Hall–Kier alpha value is -1.25. The Kier molecular flexibility index (Phi) is 4.65. The molecule has 0 saturated carbocycles. The molecule has 0 fully saturated rings. The van der Waals surface area contributed by atoms with Crippen molar-refractivity contribution in [2.45, 2.75) is 18.0 Å². The fourth-order valence-electron chi connectivity index (χ4n) is 1.79. The Labute approximate surface area is 107 Å². The quantitative estimate of drug-likeness (QED) is 0.804. The van der Waals surface area contributed by atoms with Gasteiger partial charge in [0.1, 0.15) is 0 Å². The summed E-state index contributed by atoms with van der Waals surface area (Å²) in [5, 5.41) is 3.48. The molecule has 2 aromatic rings. The average molecular weight is 243 g/mol. The van der Waals surface area contributed by atoms with Gasteiger partial charge in [-0.2, -0.15) is 0 Å². The zero-order chi connectivity index (χ0) is 11.9. The van der Waals surface area contributed by atoms with Crippen molar-refractivity contribution in [2.24, 2.45) is 0 Å². The summed E-state index contributed by atoms with van der Waals surface area (Å²) in [4.78, 5) is 1.35. The van der Waals surface area contributed by atoms with Crippen molar-refractivity contribution >= 4 is 11.8 Å². The van der Waals surface area contributed by atoms with Gasteiger partial charge in [-0.3, -0.25) is 0 Å². The van der Waals surface area contributed by atoms with Gasteiger partial charge in [-0.1, -0.05) is 48.5 Å². The summed E-state index contributed by atoms with van der Waals surface area (Å²) in [6.07, 6.45) is 2.12. The summed E-state index contributed by atoms with van der Waals surface area (Å²) in [6.45, 7) is 1.84. The molecule has 0 bridgehead atoms. The van der Waals surface area contributed by atoms with Crippen LogP contribution in [0.4, 0.5) is 0 Å². The Morgan fingerprint density at radius 2 is 1.59 bits per heavy atom. The summed E-state index contributed by atoms with van der Waals surface area (Å²) in [5.74, 6) is 0. The van der Waals surface area contributed by atoms with Crippen LogP contribution in [0.2, 0.25) is 0 Å². The van der Waals surface area contributed by atoms with Gasteiger partial charge in [-0.25, -0.2) is 0 Å². The topological polar surface area (TPSA) is 12.0 Å². The summed E-state index contributed by atoms with van der Waals surface area (Å²) in [7, 11) is 0. The molecule has 1 N–H and O–H groups in total. The summed E-state index contributed by atoms with van der Waals surface area (Å²) >= 11 is 1.80. The summed E-state index contributed by atoms with van der Waals surface area (Å²) in [5.41, 5.74) is 2.70. The predicted molar refractivity (Wildman–Crippen MR) is 75.2 cm³/mol. The number of hydrogen-bond acceptors (Lipinski definition) is 2. The highest BCUT2D eigenvalue weighted by molar-refractivity contribution is 7.98. The van der Waals surface area contributed by atoms with Crippen LogP contribution in [0, 0.1) is 0 Å². The van der Waals surface area contributed by atoms with Crippen LogP contribution >= 0.6 is 11.8 Å². The van der Waals surface area contributed by atoms with Gasteiger partial charge in [-0.15, -0.1) is 11.8 Å². The van der Waals surface area contributed by atoms with E-state index in [0.717, 1.165) is 13.1 Å². The molecule has 17 heavy (non-hydrogen) atoms. The lowest BCUT2D eigenvalue weighted by Crippen LogP contribution is -2.13. The monoisotopic (exact) mass is 243 g/mol. The molecule has 88 valence electrons. The molecule has 0 unspecified atom stereocenters. The van der Waals surface area contributed by atoms with Crippen molar-refractivity contribution in [3.05, 3.63) is 65.7 Å². The molecule has 2 rings (SSSR count). The van der Waals surface area contributed by atoms with E-state index in [4.69, 9.17) is 0 Å². The lowest BCUT2D eigenvalue weighted by molar-refractivity contribution is 0.686. The first-order chi connectivity index (χ1) is 8.40. The minimum absolute atomic E-state index is 0.920. The van der Waals surface area contributed by atoms with E-state index in [1.807, 2.05) is 6.07 Å². The maximum atomic E-state index is 3.48. The third-order valence-electron chi connectivity index (χ3n) is 2.68. The molecule has 0 aliphatic rings. The third-order valence-corrected chi connectivity index (χ3v) is 3.52. The van der Waals surface area contributed by atoms with Crippen LogP contribution in [0.5, 0.6) is 0 Å². The van der Waals surface area contributed by atoms with Gasteiger partial charge in [0, 0.05) is 18.0 Å². The normalized spacial score (nSPS) is 10.4. The number of benzene rings is 2. The van der Waals surface area contributed by atoms with Crippen LogP contribution in [0.3, 0.4) is 0 Å². The summed E-state index contributed by atoms with van der Waals surface area (Å²) < 4.78 is 0. The molecular weight excluding hydrogens is 226 g/mol. The van der Waals surface area contributed by atoms with E-state index in [2.05, 4.69) is 60.1 Å². The Bertz CT molecular complexity index is 453. The zero-order valence-corrected chi connectivity index (χ0v) is 10.8. The second-order valence-electron chi connectivity index (χ2n) is 3.90. The van der Waals surface area contributed by atoms with Gasteiger partial charge >= 0.3 is 0 Å². The van der Waals surface area contributed by atoms with E-state index >= 15 is 0 Å². The second-order valence-corrected chi connectivity index (χ2v) is 4.75.